The summed E-state index contributed by atoms with van der Waals surface area (Å²) in [4.78, 5) is 0. The van der Waals surface area contributed by atoms with Gasteiger partial charge in [0, 0.05) is 13.2 Å². The molecule has 3 nitrogen and oxygen atoms in total. The molecule has 0 aromatic heterocycles. The van der Waals surface area contributed by atoms with Crippen LogP contribution in [0.4, 0.5) is 4.39 Å². The van der Waals surface area contributed by atoms with Crippen LogP contribution in [0.15, 0.2) is 18.2 Å². The van der Waals surface area contributed by atoms with Crippen LogP contribution in [0, 0.1) is 17.7 Å². The summed E-state index contributed by atoms with van der Waals surface area (Å²) in [7, 11) is 1.60. The molecule has 1 atom stereocenters. The fraction of sp³-hybridized carbons (Fsp3) is 0.385. The van der Waals surface area contributed by atoms with Crippen LogP contribution in [-0.4, -0.2) is 26.4 Å². The molecule has 1 rings (SSSR count). The summed E-state index contributed by atoms with van der Waals surface area (Å²) >= 11 is 0. The number of hydrogen-bond donors (Lipinski definition) is 1. The van der Waals surface area contributed by atoms with E-state index in [0.29, 0.717) is 17.9 Å². The smallest absolute Gasteiger partial charge is 0.142 e. The van der Waals surface area contributed by atoms with E-state index in [1.165, 1.54) is 6.07 Å². The van der Waals surface area contributed by atoms with E-state index >= 15 is 0 Å². The van der Waals surface area contributed by atoms with Gasteiger partial charge >= 0.3 is 0 Å². The number of rotatable bonds is 4. The van der Waals surface area contributed by atoms with Gasteiger partial charge in [-0.1, -0.05) is 11.8 Å². The Morgan fingerprint density at radius 1 is 1.47 bits per heavy atom. The first-order valence-electron chi connectivity index (χ1n) is 5.31. The molecule has 1 aromatic rings. The number of benzene rings is 1. The molecule has 0 amide bonds. The molecule has 0 aliphatic carbocycles. The number of nitrogens with two attached hydrogens (primary N) is 1. The zero-order valence-corrected chi connectivity index (χ0v) is 10.00. The lowest BCUT2D eigenvalue weighted by Gasteiger charge is -2.11. The first kappa shape index (κ1) is 13.5. The number of halogens is 1. The molecular weight excluding hydrogens is 221 g/mol. The van der Waals surface area contributed by atoms with E-state index in [1.54, 1.807) is 19.2 Å². The van der Waals surface area contributed by atoms with Gasteiger partial charge in [-0.05, 0) is 19.1 Å². The Labute approximate surface area is 101 Å². The summed E-state index contributed by atoms with van der Waals surface area (Å²) in [6.07, 6.45) is -0.0326. The van der Waals surface area contributed by atoms with Crippen molar-refractivity contribution in [1.29, 1.82) is 0 Å². The van der Waals surface area contributed by atoms with E-state index in [0.717, 1.165) is 0 Å². The van der Waals surface area contributed by atoms with Crippen LogP contribution in [0.25, 0.3) is 0 Å². The third-order valence-corrected chi connectivity index (χ3v) is 2.15. The van der Waals surface area contributed by atoms with E-state index in [1.807, 2.05) is 6.92 Å². The predicted molar refractivity (Wildman–Crippen MR) is 64.3 cm³/mol. The van der Waals surface area contributed by atoms with E-state index < -0.39 is 5.82 Å². The van der Waals surface area contributed by atoms with Gasteiger partial charge in [-0.25, -0.2) is 4.39 Å². The summed E-state index contributed by atoms with van der Waals surface area (Å²) in [5, 5.41) is 0. The van der Waals surface area contributed by atoms with Gasteiger partial charge in [0.05, 0.1) is 18.2 Å². The van der Waals surface area contributed by atoms with Gasteiger partial charge in [0.2, 0.25) is 0 Å². The lowest BCUT2D eigenvalue weighted by molar-refractivity contribution is 0.0715. The van der Waals surface area contributed by atoms with Gasteiger partial charge in [-0.15, -0.1) is 0 Å². The number of hydrogen-bond acceptors (Lipinski definition) is 3. The van der Waals surface area contributed by atoms with Gasteiger partial charge in [0.25, 0.3) is 0 Å². The van der Waals surface area contributed by atoms with Crippen LogP contribution in [-0.2, 0) is 4.74 Å². The maximum atomic E-state index is 13.5. The Hall–Kier alpha value is -1.57. The summed E-state index contributed by atoms with van der Waals surface area (Å²) in [5.74, 6) is 5.30. The fourth-order valence-electron chi connectivity index (χ4n) is 1.11. The summed E-state index contributed by atoms with van der Waals surface area (Å²) in [6, 6.07) is 4.56. The average Bonchev–Trinajstić information content (AvgIpc) is 2.34. The highest BCUT2D eigenvalue weighted by molar-refractivity contribution is 5.39. The fourth-order valence-corrected chi connectivity index (χ4v) is 1.11. The van der Waals surface area contributed by atoms with Crippen molar-refractivity contribution in [3.63, 3.8) is 0 Å². The van der Waals surface area contributed by atoms with Gasteiger partial charge in [-0.3, -0.25) is 0 Å². The Bertz CT molecular complexity index is 423. The van der Waals surface area contributed by atoms with E-state index in [-0.39, 0.29) is 12.6 Å². The molecule has 0 aliphatic heterocycles. The Kier molecular flexibility index (Phi) is 5.47. The maximum absolute atomic E-state index is 13.5. The number of methoxy groups -OCH3 is 1. The van der Waals surface area contributed by atoms with Crippen LogP contribution in [0.5, 0.6) is 5.75 Å². The lowest BCUT2D eigenvalue weighted by Crippen LogP contribution is -2.15. The van der Waals surface area contributed by atoms with Crippen molar-refractivity contribution in [3.8, 4) is 17.6 Å². The molecular formula is C13H16FNO2. The van der Waals surface area contributed by atoms with E-state index in [9.17, 15) is 4.39 Å². The minimum Gasteiger partial charge on any atom is -0.491 e. The standard InChI is InChI=1S/C13H16FNO2/c1-10(16-2)9-17-12-6-5-11(4-3-7-15)13(14)8-12/h5-6,8,10H,7,9,15H2,1-2H3. The molecule has 0 heterocycles. The summed E-state index contributed by atoms with van der Waals surface area (Å²) in [5.41, 5.74) is 5.54. The van der Waals surface area contributed by atoms with Gasteiger partial charge < -0.3 is 15.2 Å². The molecule has 0 saturated carbocycles. The third kappa shape index (κ3) is 4.43. The molecule has 0 fully saturated rings. The zero-order chi connectivity index (χ0) is 12.7. The highest BCUT2D eigenvalue weighted by Gasteiger charge is 2.04. The molecule has 1 aromatic carbocycles. The minimum absolute atomic E-state index is 0.0326. The molecule has 0 spiro atoms. The molecule has 4 heteroatoms. The quantitative estimate of drug-likeness (QED) is 0.808. The van der Waals surface area contributed by atoms with Crippen molar-refractivity contribution in [2.75, 3.05) is 20.3 Å². The first-order chi connectivity index (χ1) is 8.17. The molecule has 0 saturated heterocycles. The van der Waals surface area contributed by atoms with Gasteiger partial charge in [-0.2, -0.15) is 0 Å². The molecule has 2 N–H and O–H groups in total. The molecule has 0 radical (unpaired) electrons. The SMILES string of the molecule is COC(C)COc1ccc(C#CCN)c(F)c1. The Morgan fingerprint density at radius 3 is 2.82 bits per heavy atom. The molecule has 0 aliphatic rings. The highest BCUT2D eigenvalue weighted by Crippen LogP contribution is 2.16. The predicted octanol–water partition coefficient (Wildman–Crippen LogP) is 1.55. The van der Waals surface area contributed by atoms with Crippen molar-refractivity contribution in [2.45, 2.75) is 13.0 Å². The molecule has 1 unspecified atom stereocenters. The van der Waals surface area contributed by atoms with Crippen LogP contribution >= 0.6 is 0 Å². The van der Waals surface area contributed by atoms with Crippen molar-refractivity contribution in [1.82, 2.24) is 0 Å². The van der Waals surface area contributed by atoms with Gasteiger partial charge in [0.15, 0.2) is 0 Å². The topological polar surface area (TPSA) is 44.5 Å². The van der Waals surface area contributed by atoms with Crippen LogP contribution in [0.1, 0.15) is 12.5 Å². The normalized spacial score (nSPS) is 11.5. The largest absolute Gasteiger partial charge is 0.491 e. The van der Waals surface area contributed by atoms with Crippen molar-refractivity contribution in [3.05, 3.63) is 29.6 Å². The first-order valence-corrected chi connectivity index (χ1v) is 5.31. The second-order valence-corrected chi connectivity index (χ2v) is 3.50. The summed E-state index contributed by atoms with van der Waals surface area (Å²) in [6.45, 7) is 2.46. The molecule has 92 valence electrons. The zero-order valence-electron chi connectivity index (χ0n) is 10.00. The average molecular weight is 237 g/mol. The third-order valence-electron chi connectivity index (χ3n) is 2.15. The molecule has 17 heavy (non-hydrogen) atoms. The second kappa shape index (κ2) is 6.89. The highest BCUT2D eigenvalue weighted by atomic mass is 19.1. The van der Waals surface area contributed by atoms with E-state index in [2.05, 4.69) is 11.8 Å². The minimum atomic E-state index is -0.409. The van der Waals surface area contributed by atoms with E-state index in [4.69, 9.17) is 15.2 Å². The van der Waals surface area contributed by atoms with Crippen LogP contribution in [0.2, 0.25) is 0 Å². The number of ether oxygens (including phenoxy) is 2. The van der Waals surface area contributed by atoms with Crippen molar-refractivity contribution < 1.29 is 13.9 Å². The summed E-state index contributed by atoms with van der Waals surface area (Å²) < 4.78 is 23.9. The maximum Gasteiger partial charge on any atom is 0.142 e. The Balaban J connectivity index is 2.68. The monoisotopic (exact) mass is 237 g/mol. The second-order valence-electron chi connectivity index (χ2n) is 3.50. The van der Waals surface area contributed by atoms with Crippen molar-refractivity contribution >= 4 is 0 Å². The van der Waals surface area contributed by atoms with Crippen LogP contribution in [0.3, 0.4) is 0 Å². The lowest BCUT2D eigenvalue weighted by atomic mass is 10.2. The van der Waals surface area contributed by atoms with Gasteiger partial charge in [0.1, 0.15) is 18.2 Å². The van der Waals surface area contributed by atoms with Crippen molar-refractivity contribution in [2.24, 2.45) is 5.73 Å². The Morgan fingerprint density at radius 2 is 2.24 bits per heavy atom. The van der Waals surface area contributed by atoms with Crippen LogP contribution < -0.4 is 10.5 Å². The molecule has 0 bridgehead atoms.